The second kappa shape index (κ2) is 4.80. The van der Waals surface area contributed by atoms with E-state index in [0.717, 1.165) is 0 Å². The molecule has 1 aromatic heterocycles. The van der Waals surface area contributed by atoms with Gasteiger partial charge in [0.25, 0.3) is 6.43 Å². The van der Waals surface area contributed by atoms with E-state index in [9.17, 15) is 8.78 Å². The van der Waals surface area contributed by atoms with E-state index in [2.05, 4.69) is 36.8 Å². The zero-order valence-electron chi connectivity index (χ0n) is 6.77. The van der Waals surface area contributed by atoms with Crippen LogP contribution in [0, 0.1) is 11.3 Å². The third-order valence-electron chi connectivity index (χ3n) is 1.52. The Morgan fingerprint density at radius 2 is 2.14 bits per heavy atom. The number of rotatable bonds is 2. The lowest BCUT2D eigenvalue weighted by Gasteiger charge is -2.07. The van der Waals surface area contributed by atoms with Crippen molar-refractivity contribution in [2.45, 2.75) is 12.8 Å². The molecule has 0 spiro atoms. The van der Waals surface area contributed by atoms with Crippen LogP contribution in [0.2, 0.25) is 0 Å². The van der Waals surface area contributed by atoms with Crippen molar-refractivity contribution < 1.29 is 8.78 Å². The maximum atomic E-state index is 12.5. The van der Waals surface area contributed by atoms with E-state index in [1.54, 1.807) is 6.07 Å². The van der Waals surface area contributed by atoms with Crippen molar-refractivity contribution in [2.24, 2.45) is 0 Å². The molecule has 0 fully saturated rings. The molecule has 0 amide bonds. The first-order valence-corrected chi connectivity index (χ1v) is 5.14. The van der Waals surface area contributed by atoms with Gasteiger partial charge in [-0.3, -0.25) is 0 Å². The summed E-state index contributed by atoms with van der Waals surface area (Å²) in [5, 5.41) is 8.44. The van der Waals surface area contributed by atoms with Crippen molar-refractivity contribution in [2.75, 3.05) is 0 Å². The van der Waals surface area contributed by atoms with Crippen LogP contribution in [-0.4, -0.2) is 4.98 Å². The van der Waals surface area contributed by atoms with Crippen LogP contribution in [0.1, 0.15) is 17.7 Å². The fraction of sp³-hybridized carbons (Fsp3) is 0.250. The predicted molar refractivity (Wildman–Crippen MR) is 53.9 cm³/mol. The Labute approximate surface area is 96.2 Å². The molecule has 0 atom stereocenters. The highest BCUT2D eigenvalue weighted by molar-refractivity contribution is 9.11. The molecule has 0 aliphatic carbocycles. The van der Waals surface area contributed by atoms with Gasteiger partial charge in [-0.1, -0.05) is 15.9 Å². The maximum absolute atomic E-state index is 12.5. The summed E-state index contributed by atoms with van der Waals surface area (Å²) in [7, 11) is 0. The van der Waals surface area contributed by atoms with E-state index in [1.807, 2.05) is 0 Å². The highest BCUT2D eigenvalue weighted by Crippen LogP contribution is 2.31. The summed E-state index contributed by atoms with van der Waals surface area (Å²) in [6.45, 7) is 0. The van der Waals surface area contributed by atoms with Crippen LogP contribution in [0.25, 0.3) is 0 Å². The molecule has 0 aliphatic heterocycles. The molecule has 6 heteroatoms. The topological polar surface area (TPSA) is 36.7 Å². The molecular formula is C8H4Br2F2N2. The summed E-state index contributed by atoms with van der Waals surface area (Å²) in [5.41, 5.74) is -0.112. The van der Waals surface area contributed by atoms with Gasteiger partial charge in [-0.2, -0.15) is 5.26 Å². The van der Waals surface area contributed by atoms with Gasteiger partial charge >= 0.3 is 0 Å². The molecule has 1 aromatic rings. The largest absolute Gasteiger partial charge is 0.266 e. The lowest BCUT2D eigenvalue weighted by molar-refractivity contribution is 0.149. The molecule has 1 heterocycles. The van der Waals surface area contributed by atoms with Gasteiger partial charge in [-0.25, -0.2) is 13.8 Å². The number of nitriles is 1. The lowest BCUT2D eigenvalue weighted by Crippen LogP contribution is -1.99. The minimum atomic E-state index is -2.63. The first-order chi connectivity index (χ1) is 6.56. The molecule has 0 saturated heterocycles. The van der Waals surface area contributed by atoms with Crippen LogP contribution >= 0.6 is 31.9 Å². The average Bonchev–Trinajstić information content (AvgIpc) is 2.01. The van der Waals surface area contributed by atoms with Gasteiger partial charge < -0.3 is 0 Å². The summed E-state index contributed by atoms with van der Waals surface area (Å²) < 4.78 is 25.8. The van der Waals surface area contributed by atoms with Gasteiger partial charge in [0.15, 0.2) is 0 Å². The number of halogens is 4. The Hall–Kier alpha value is -0.540. The Balaban J connectivity index is 3.30. The fourth-order valence-corrected chi connectivity index (χ4v) is 2.35. The molecule has 0 saturated carbocycles. The van der Waals surface area contributed by atoms with E-state index in [0.29, 0.717) is 4.60 Å². The van der Waals surface area contributed by atoms with Gasteiger partial charge in [0.2, 0.25) is 0 Å². The minimum absolute atomic E-state index is 0.101. The fourth-order valence-electron chi connectivity index (χ4n) is 0.981. The molecule has 0 aliphatic rings. The summed E-state index contributed by atoms with van der Waals surface area (Å²) in [4.78, 5) is 3.83. The smallest absolute Gasteiger partial charge is 0.244 e. The second-order valence-corrected chi connectivity index (χ2v) is 4.09. The van der Waals surface area contributed by atoms with Crippen molar-refractivity contribution in [1.29, 1.82) is 5.26 Å². The van der Waals surface area contributed by atoms with Crippen LogP contribution in [0.4, 0.5) is 8.78 Å². The van der Waals surface area contributed by atoms with Crippen LogP contribution in [0.5, 0.6) is 0 Å². The van der Waals surface area contributed by atoms with E-state index in [-0.39, 0.29) is 22.2 Å². The molecular weight excluding hydrogens is 322 g/mol. The predicted octanol–water partition coefficient (Wildman–Crippen LogP) is 3.61. The van der Waals surface area contributed by atoms with Crippen LogP contribution < -0.4 is 0 Å². The lowest BCUT2D eigenvalue weighted by atomic mass is 10.1. The Morgan fingerprint density at radius 3 is 2.64 bits per heavy atom. The molecule has 0 N–H and O–H groups in total. The Kier molecular flexibility index (Phi) is 3.96. The number of aromatic nitrogens is 1. The zero-order valence-corrected chi connectivity index (χ0v) is 9.94. The molecule has 0 radical (unpaired) electrons. The van der Waals surface area contributed by atoms with Crippen molar-refractivity contribution in [3.05, 3.63) is 26.4 Å². The number of nitrogens with zero attached hydrogens (tertiary/aromatic N) is 2. The highest BCUT2D eigenvalue weighted by Gasteiger charge is 2.18. The van der Waals surface area contributed by atoms with Crippen molar-refractivity contribution in [3.63, 3.8) is 0 Å². The third kappa shape index (κ3) is 2.49. The minimum Gasteiger partial charge on any atom is -0.244 e. The molecule has 0 unspecified atom stereocenters. The first-order valence-electron chi connectivity index (χ1n) is 3.56. The highest BCUT2D eigenvalue weighted by atomic mass is 79.9. The van der Waals surface area contributed by atoms with Gasteiger partial charge in [0.1, 0.15) is 4.60 Å². The van der Waals surface area contributed by atoms with Crippen molar-refractivity contribution >= 4 is 31.9 Å². The van der Waals surface area contributed by atoms with Crippen LogP contribution in [0.15, 0.2) is 15.1 Å². The zero-order chi connectivity index (χ0) is 10.7. The standard InChI is InChI=1S/C8H4Br2F2N2/c9-4-3-6(10)14-5(1-2-13)7(4)8(11)12/h3,8H,1H2. The molecule has 74 valence electrons. The summed E-state index contributed by atoms with van der Waals surface area (Å²) in [6, 6.07) is 3.23. The Bertz CT molecular complexity index is 388. The molecule has 1 rings (SSSR count). The second-order valence-electron chi connectivity index (χ2n) is 2.42. The van der Waals surface area contributed by atoms with E-state index in [1.165, 1.54) is 6.07 Å². The number of hydrogen-bond donors (Lipinski definition) is 0. The molecule has 0 bridgehead atoms. The van der Waals surface area contributed by atoms with E-state index < -0.39 is 6.43 Å². The number of alkyl halides is 2. The van der Waals surface area contributed by atoms with Crippen LogP contribution in [-0.2, 0) is 6.42 Å². The van der Waals surface area contributed by atoms with E-state index >= 15 is 0 Å². The Morgan fingerprint density at radius 1 is 1.50 bits per heavy atom. The van der Waals surface area contributed by atoms with Gasteiger partial charge in [0.05, 0.1) is 23.7 Å². The molecule has 0 aromatic carbocycles. The normalized spacial score (nSPS) is 10.3. The van der Waals surface area contributed by atoms with Crippen molar-refractivity contribution in [3.8, 4) is 6.07 Å². The molecule has 2 nitrogen and oxygen atoms in total. The number of hydrogen-bond acceptors (Lipinski definition) is 2. The SMILES string of the molecule is N#CCc1nc(Br)cc(Br)c1C(F)F. The van der Waals surface area contributed by atoms with Crippen molar-refractivity contribution in [1.82, 2.24) is 4.98 Å². The third-order valence-corrected chi connectivity index (χ3v) is 2.58. The maximum Gasteiger partial charge on any atom is 0.266 e. The van der Waals surface area contributed by atoms with Gasteiger partial charge in [-0.05, 0) is 22.0 Å². The van der Waals surface area contributed by atoms with Gasteiger partial charge in [0, 0.05) is 4.47 Å². The molecule has 14 heavy (non-hydrogen) atoms. The number of pyridine rings is 1. The quantitative estimate of drug-likeness (QED) is 0.779. The van der Waals surface area contributed by atoms with Crippen LogP contribution in [0.3, 0.4) is 0 Å². The van der Waals surface area contributed by atoms with Gasteiger partial charge in [-0.15, -0.1) is 0 Å². The summed E-state index contributed by atoms with van der Waals surface area (Å²) in [6.07, 6.45) is -2.76. The average molecular weight is 326 g/mol. The summed E-state index contributed by atoms with van der Waals surface area (Å²) >= 11 is 6.08. The summed E-state index contributed by atoms with van der Waals surface area (Å²) in [5.74, 6) is 0. The van der Waals surface area contributed by atoms with E-state index in [4.69, 9.17) is 5.26 Å². The monoisotopic (exact) mass is 324 g/mol. The first kappa shape index (κ1) is 11.5.